The van der Waals surface area contributed by atoms with E-state index in [0.29, 0.717) is 5.56 Å². The lowest BCUT2D eigenvalue weighted by Gasteiger charge is -2.08. The number of hydrogen-bond acceptors (Lipinski definition) is 4. The largest absolute Gasteiger partial charge is 0.370 e. The summed E-state index contributed by atoms with van der Waals surface area (Å²) in [6.07, 6.45) is 4.49. The van der Waals surface area contributed by atoms with Gasteiger partial charge in [0.1, 0.15) is 5.82 Å². The molecule has 0 fully saturated rings. The van der Waals surface area contributed by atoms with E-state index in [-0.39, 0.29) is 0 Å². The summed E-state index contributed by atoms with van der Waals surface area (Å²) < 4.78 is 0. The number of benzene rings is 1. The lowest BCUT2D eigenvalue weighted by molar-refractivity contribution is 0.996. The van der Waals surface area contributed by atoms with Gasteiger partial charge in [0, 0.05) is 24.3 Å². The summed E-state index contributed by atoms with van der Waals surface area (Å²) in [5.41, 5.74) is 2.65. The minimum Gasteiger partial charge on any atom is -0.370 e. The fourth-order valence-corrected chi connectivity index (χ4v) is 2.24. The summed E-state index contributed by atoms with van der Waals surface area (Å²) >= 11 is 0. The quantitative estimate of drug-likeness (QED) is 0.793. The molecule has 2 aromatic heterocycles. The molecule has 3 aromatic rings. The predicted octanol–water partition coefficient (Wildman–Crippen LogP) is 3.16. The molecular weight excluding hydrogens is 260 g/mol. The first-order valence-electron chi connectivity index (χ1n) is 6.79. The van der Waals surface area contributed by atoms with Gasteiger partial charge in [-0.15, -0.1) is 0 Å². The standard InChI is InChI=1S/C17H14N4/c18-11-14-10-17(21-16-6-2-1-5-15(14)16)20-9-7-13-4-3-8-19-12-13/h1-6,8,10,12H,7,9H2,(H,20,21). The highest BCUT2D eigenvalue weighted by molar-refractivity contribution is 5.86. The third-order valence-electron chi connectivity index (χ3n) is 3.28. The first-order chi connectivity index (χ1) is 10.4. The number of nitriles is 1. The maximum Gasteiger partial charge on any atom is 0.127 e. The molecule has 0 aliphatic carbocycles. The van der Waals surface area contributed by atoms with Gasteiger partial charge in [-0.2, -0.15) is 5.26 Å². The second-order valence-corrected chi connectivity index (χ2v) is 4.72. The molecule has 1 N–H and O–H groups in total. The number of aromatic nitrogens is 2. The second-order valence-electron chi connectivity index (χ2n) is 4.72. The molecule has 21 heavy (non-hydrogen) atoms. The molecule has 0 bridgehead atoms. The number of para-hydroxylation sites is 1. The number of nitrogens with zero attached hydrogens (tertiary/aromatic N) is 3. The van der Waals surface area contributed by atoms with E-state index in [1.165, 1.54) is 5.56 Å². The van der Waals surface area contributed by atoms with Crippen molar-refractivity contribution in [1.29, 1.82) is 5.26 Å². The van der Waals surface area contributed by atoms with Crippen molar-refractivity contribution >= 4 is 16.7 Å². The minimum atomic E-state index is 0.643. The van der Waals surface area contributed by atoms with Crippen molar-refractivity contribution in [3.05, 3.63) is 66.0 Å². The third-order valence-corrected chi connectivity index (χ3v) is 3.28. The highest BCUT2D eigenvalue weighted by Gasteiger charge is 2.04. The molecule has 0 atom stereocenters. The normalized spacial score (nSPS) is 10.2. The molecule has 0 spiro atoms. The predicted molar refractivity (Wildman–Crippen MR) is 82.9 cm³/mol. The first kappa shape index (κ1) is 13.1. The van der Waals surface area contributed by atoms with Gasteiger partial charge in [0.2, 0.25) is 0 Å². The number of rotatable bonds is 4. The summed E-state index contributed by atoms with van der Waals surface area (Å²) in [6.45, 7) is 0.752. The topological polar surface area (TPSA) is 61.6 Å². The SMILES string of the molecule is N#Cc1cc(NCCc2cccnc2)nc2ccccc12. The molecule has 4 nitrogen and oxygen atoms in total. The molecule has 1 aromatic carbocycles. The molecule has 0 saturated carbocycles. The van der Waals surface area contributed by atoms with Crippen LogP contribution in [0.4, 0.5) is 5.82 Å². The van der Waals surface area contributed by atoms with Gasteiger partial charge in [-0.05, 0) is 30.2 Å². The van der Waals surface area contributed by atoms with Gasteiger partial charge in [0.15, 0.2) is 0 Å². The fraction of sp³-hybridized carbons (Fsp3) is 0.118. The van der Waals surface area contributed by atoms with E-state index >= 15 is 0 Å². The minimum absolute atomic E-state index is 0.643. The van der Waals surface area contributed by atoms with Crippen LogP contribution in [0.5, 0.6) is 0 Å². The summed E-state index contributed by atoms with van der Waals surface area (Å²) in [7, 11) is 0. The van der Waals surface area contributed by atoms with Gasteiger partial charge in [-0.1, -0.05) is 24.3 Å². The average molecular weight is 274 g/mol. The van der Waals surface area contributed by atoms with Crippen LogP contribution in [0.25, 0.3) is 10.9 Å². The molecule has 3 rings (SSSR count). The molecule has 0 saturated heterocycles. The molecule has 2 heterocycles. The zero-order valence-corrected chi connectivity index (χ0v) is 11.5. The highest BCUT2D eigenvalue weighted by atomic mass is 15.0. The zero-order valence-electron chi connectivity index (χ0n) is 11.5. The Bertz CT molecular complexity index is 791. The number of pyridine rings is 2. The van der Waals surface area contributed by atoms with Gasteiger partial charge >= 0.3 is 0 Å². The lowest BCUT2D eigenvalue weighted by Crippen LogP contribution is -2.07. The Kier molecular flexibility index (Phi) is 3.74. The Hall–Kier alpha value is -2.93. The van der Waals surface area contributed by atoms with Crippen molar-refractivity contribution < 1.29 is 0 Å². The van der Waals surface area contributed by atoms with Crippen LogP contribution in [0.3, 0.4) is 0 Å². The van der Waals surface area contributed by atoms with E-state index in [9.17, 15) is 5.26 Å². The van der Waals surface area contributed by atoms with E-state index in [1.54, 1.807) is 12.3 Å². The van der Waals surface area contributed by atoms with E-state index in [4.69, 9.17) is 0 Å². The Morgan fingerprint density at radius 2 is 2.05 bits per heavy atom. The number of anilines is 1. The van der Waals surface area contributed by atoms with Crippen LogP contribution in [-0.2, 0) is 6.42 Å². The summed E-state index contributed by atoms with van der Waals surface area (Å²) in [5, 5.41) is 13.4. The molecule has 0 aliphatic heterocycles. The van der Waals surface area contributed by atoms with Crippen molar-refractivity contribution in [1.82, 2.24) is 9.97 Å². The smallest absolute Gasteiger partial charge is 0.127 e. The van der Waals surface area contributed by atoms with Gasteiger partial charge < -0.3 is 5.32 Å². The Balaban J connectivity index is 1.77. The lowest BCUT2D eigenvalue weighted by atomic mass is 10.1. The Morgan fingerprint density at radius 3 is 2.86 bits per heavy atom. The van der Waals surface area contributed by atoms with E-state index in [2.05, 4.69) is 21.4 Å². The highest BCUT2D eigenvalue weighted by Crippen LogP contribution is 2.19. The molecule has 0 unspecified atom stereocenters. The van der Waals surface area contributed by atoms with E-state index in [0.717, 1.165) is 29.7 Å². The maximum atomic E-state index is 9.25. The van der Waals surface area contributed by atoms with Crippen molar-refractivity contribution in [2.24, 2.45) is 0 Å². The summed E-state index contributed by atoms with van der Waals surface area (Å²) in [4.78, 5) is 8.63. The van der Waals surface area contributed by atoms with Crippen molar-refractivity contribution in [3.63, 3.8) is 0 Å². The van der Waals surface area contributed by atoms with Gasteiger partial charge in [-0.3, -0.25) is 4.98 Å². The van der Waals surface area contributed by atoms with Crippen LogP contribution in [0.15, 0.2) is 54.9 Å². The maximum absolute atomic E-state index is 9.25. The molecule has 0 aliphatic rings. The molecular formula is C17H14N4. The van der Waals surface area contributed by atoms with Crippen LogP contribution < -0.4 is 5.32 Å². The van der Waals surface area contributed by atoms with Crippen LogP contribution in [0.1, 0.15) is 11.1 Å². The third kappa shape index (κ3) is 2.98. The molecule has 4 heteroatoms. The monoisotopic (exact) mass is 274 g/mol. The summed E-state index contributed by atoms with van der Waals surface area (Å²) in [6, 6.07) is 15.7. The Morgan fingerprint density at radius 1 is 1.14 bits per heavy atom. The van der Waals surface area contributed by atoms with Crippen molar-refractivity contribution in [2.45, 2.75) is 6.42 Å². The van der Waals surface area contributed by atoms with Crippen LogP contribution >= 0.6 is 0 Å². The van der Waals surface area contributed by atoms with Crippen LogP contribution in [-0.4, -0.2) is 16.5 Å². The van der Waals surface area contributed by atoms with E-state index < -0.39 is 0 Å². The molecule has 0 radical (unpaired) electrons. The number of nitrogens with one attached hydrogen (secondary N) is 1. The van der Waals surface area contributed by atoms with Crippen LogP contribution in [0.2, 0.25) is 0 Å². The second kappa shape index (κ2) is 6.02. The average Bonchev–Trinajstić information content (AvgIpc) is 2.55. The number of hydrogen-bond donors (Lipinski definition) is 1. The first-order valence-corrected chi connectivity index (χ1v) is 6.79. The van der Waals surface area contributed by atoms with Gasteiger partial charge in [0.05, 0.1) is 17.1 Å². The summed E-state index contributed by atoms with van der Waals surface area (Å²) in [5.74, 6) is 0.731. The number of fused-ring (bicyclic) bond motifs is 1. The van der Waals surface area contributed by atoms with E-state index in [1.807, 2.05) is 42.6 Å². The van der Waals surface area contributed by atoms with Crippen molar-refractivity contribution in [3.8, 4) is 6.07 Å². The fourth-order valence-electron chi connectivity index (χ4n) is 2.24. The molecule has 0 amide bonds. The van der Waals surface area contributed by atoms with Gasteiger partial charge in [0.25, 0.3) is 0 Å². The van der Waals surface area contributed by atoms with Gasteiger partial charge in [-0.25, -0.2) is 4.98 Å². The van der Waals surface area contributed by atoms with Crippen molar-refractivity contribution in [2.75, 3.05) is 11.9 Å². The van der Waals surface area contributed by atoms with Crippen LogP contribution in [0, 0.1) is 11.3 Å². The Labute approximate surface area is 123 Å². The zero-order chi connectivity index (χ0) is 14.5. The molecule has 102 valence electrons.